The molecule has 0 unspecified atom stereocenters. The third kappa shape index (κ3) is 11.2. The summed E-state index contributed by atoms with van der Waals surface area (Å²) in [6.07, 6.45) is 4.38. The van der Waals surface area contributed by atoms with Gasteiger partial charge in [0.15, 0.2) is 0 Å². The fourth-order valence-electron chi connectivity index (χ4n) is 1.29. The lowest BCUT2D eigenvalue weighted by Gasteiger charge is -2.04. The number of rotatable bonds is 10. The zero-order chi connectivity index (χ0) is 12.9. The molecule has 0 aliphatic heterocycles. The van der Waals surface area contributed by atoms with E-state index in [2.05, 4.69) is 4.74 Å². The second-order valence-corrected chi connectivity index (χ2v) is 3.79. The predicted molar refractivity (Wildman–Crippen MR) is 62.4 cm³/mol. The van der Waals surface area contributed by atoms with Crippen molar-refractivity contribution in [3.8, 4) is 0 Å². The number of unbranched alkanes of at least 4 members (excludes halogenated alkanes) is 3. The molecule has 0 saturated heterocycles. The highest BCUT2D eigenvalue weighted by Gasteiger charge is 2.04. The molecular formula is C12H22O5. The van der Waals surface area contributed by atoms with Crippen molar-refractivity contribution in [3.05, 3.63) is 0 Å². The minimum atomic E-state index is -0.248. The van der Waals surface area contributed by atoms with Crippen LogP contribution in [-0.2, 0) is 19.1 Å². The van der Waals surface area contributed by atoms with Crippen molar-refractivity contribution in [3.63, 3.8) is 0 Å². The van der Waals surface area contributed by atoms with Crippen molar-refractivity contribution in [1.29, 1.82) is 0 Å². The van der Waals surface area contributed by atoms with Crippen molar-refractivity contribution in [1.82, 2.24) is 0 Å². The molecule has 0 spiro atoms. The van der Waals surface area contributed by atoms with Crippen LogP contribution in [-0.4, -0.2) is 37.4 Å². The Bertz CT molecular complexity index is 215. The van der Waals surface area contributed by atoms with Gasteiger partial charge in [0.1, 0.15) is 0 Å². The zero-order valence-corrected chi connectivity index (χ0v) is 10.4. The highest BCUT2D eigenvalue weighted by Crippen LogP contribution is 2.03. The quantitative estimate of drug-likeness (QED) is 0.466. The molecule has 0 atom stereocenters. The van der Waals surface area contributed by atoms with E-state index in [9.17, 15) is 9.59 Å². The van der Waals surface area contributed by atoms with E-state index in [-0.39, 0.29) is 18.5 Å². The summed E-state index contributed by atoms with van der Waals surface area (Å²) in [6, 6.07) is 0. The number of aliphatic hydroxyl groups excluding tert-OH is 1. The number of carbonyl (C=O) groups excluding carboxylic acids is 2. The first-order chi connectivity index (χ1) is 8.20. The summed E-state index contributed by atoms with van der Waals surface area (Å²) in [5, 5.41) is 8.54. The third-order valence-corrected chi connectivity index (χ3v) is 2.30. The van der Waals surface area contributed by atoms with Gasteiger partial charge in [-0.1, -0.05) is 0 Å². The van der Waals surface area contributed by atoms with Crippen LogP contribution in [0.25, 0.3) is 0 Å². The largest absolute Gasteiger partial charge is 0.469 e. The number of carbonyl (C=O) groups is 2. The van der Waals surface area contributed by atoms with E-state index in [4.69, 9.17) is 9.84 Å². The average Bonchev–Trinajstić information content (AvgIpc) is 2.34. The van der Waals surface area contributed by atoms with Crippen molar-refractivity contribution < 1.29 is 24.2 Å². The van der Waals surface area contributed by atoms with Crippen molar-refractivity contribution >= 4 is 11.9 Å². The van der Waals surface area contributed by atoms with E-state index in [0.717, 1.165) is 19.3 Å². The van der Waals surface area contributed by atoms with Gasteiger partial charge in [0.2, 0.25) is 0 Å². The summed E-state index contributed by atoms with van der Waals surface area (Å²) in [7, 11) is 1.35. The lowest BCUT2D eigenvalue weighted by Crippen LogP contribution is -2.06. The van der Waals surface area contributed by atoms with Gasteiger partial charge in [-0.2, -0.15) is 0 Å². The molecule has 17 heavy (non-hydrogen) atoms. The molecule has 100 valence electrons. The summed E-state index contributed by atoms with van der Waals surface area (Å²) in [4.78, 5) is 22.0. The number of aliphatic hydroxyl groups is 1. The first kappa shape index (κ1) is 15.9. The molecule has 0 amide bonds. The summed E-state index contributed by atoms with van der Waals surface area (Å²) < 4.78 is 9.47. The van der Waals surface area contributed by atoms with Crippen LogP contribution < -0.4 is 0 Å². The average molecular weight is 246 g/mol. The van der Waals surface area contributed by atoms with Gasteiger partial charge in [0.05, 0.1) is 13.7 Å². The summed E-state index contributed by atoms with van der Waals surface area (Å²) >= 11 is 0. The Morgan fingerprint density at radius 3 is 2.18 bits per heavy atom. The molecule has 0 saturated carbocycles. The molecular weight excluding hydrogens is 224 g/mol. The molecule has 0 bridgehead atoms. The van der Waals surface area contributed by atoms with Gasteiger partial charge in [-0.05, 0) is 32.1 Å². The van der Waals surface area contributed by atoms with E-state index in [1.165, 1.54) is 7.11 Å². The molecule has 1 N–H and O–H groups in total. The van der Waals surface area contributed by atoms with Crippen molar-refractivity contribution in [2.45, 2.75) is 44.9 Å². The van der Waals surface area contributed by atoms with Crippen LogP contribution in [0.5, 0.6) is 0 Å². The lowest BCUT2D eigenvalue weighted by molar-refractivity contribution is -0.145. The maximum atomic E-state index is 11.2. The maximum absolute atomic E-state index is 11.2. The molecule has 5 nitrogen and oxygen atoms in total. The van der Waals surface area contributed by atoms with Crippen molar-refractivity contribution in [2.75, 3.05) is 20.3 Å². The van der Waals surface area contributed by atoms with Crippen molar-refractivity contribution in [2.24, 2.45) is 0 Å². The first-order valence-electron chi connectivity index (χ1n) is 6.04. The molecule has 0 aromatic rings. The number of hydrogen-bond acceptors (Lipinski definition) is 5. The molecule has 0 rings (SSSR count). The van der Waals surface area contributed by atoms with Gasteiger partial charge in [0, 0.05) is 19.4 Å². The third-order valence-electron chi connectivity index (χ3n) is 2.30. The predicted octanol–water partition coefficient (Wildman–Crippen LogP) is 1.43. The molecule has 0 aromatic carbocycles. The Kier molecular flexibility index (Phi) is 10.7. The second kappa shape index (κ2) is 11.4. The lowest BCUT2D eigenvalue weighted by atomic mass is 10.2. The van der Waals surface area contributed by atoms with Crippen LogP contribution in [0.15, 0.2) is 0 Å². The molecule has 0 fully saturated rings. The number of esters is 2. The van der Waals surface area contributed by atoms with Gasteiger partial charge in [-0.3, -0.25) is 9.59 Å². The monoisotopic (exact) mass is 246 g/mol. The minimum Gasteiger partial charge on any atom is -0.469 e. The van der Waals surface area contributed by atoms with Gasteiger partial charge >= 0.3 is 11.9 Å². The second-order valence-electron chi connectivity index (χ2n) is 3.79. The maximum Gasteiger partial charge on any atom is 0.305 e. The van der Waals surface area contributed by atoms with Crippen LogP contribution >= 0.6 is 0 Å². The van der Waals surface area contributed by atoms with Crippen LogP contribution in [0.3, 0.4) is 0 Å². The molecule has 0 aliphatic carbocycles. The molecule has 0 aromatic heterocycles. The zero-order valence-electron chi connectivity index (χ0n) is 10.4. The Morgan fingerprint density at radius 2 is 1.59 bits per heavy atom. The smallest absolute Gasteiger partial charge is 0.305 e. The highest BCUT2D eigenvalue weighted by atomic mass is 16.5. The van der Waals surface area contributed by atoms with E-state index < -0.39 is 0 Å². The standard InChI is InChI=1S/C12H22O5/c1-16-11(14)7-3-4-8-12(15)17-10-6-2-5-9-13/h13H,2-10H2,1H3. The van der Waals surface area contributed by atoms with Gasteiger partial charge in [0.25, 0.3) is 0 Å². The van der Waals surface area contributed by atoms with E-state index in [0.29, 0.717) is 32.3 Å². The minimum absolute atomic E-state index is 0.182. The SMILES string of the molecule is COC(=O)CCCCC(=O)OCCCCCO. The fraction of sp³-hybridized carbons (Fsp3) is 0.833. The molecule has 0 aliphatic rings. The van der Waals surface area contributed by atoms with E-state index in [1.807, 2.05) is 0 Å². The van der Waals surface area contributed by atoms with Gasteiger partial charge in [-0.15, -0.1) is 0 Å². The van der Waals surface area contributed by atoms with E-state index >= 15 is 0 Å². The van der Waals surface area contributed by atoms with Gasteiger partial charge in [-0.25, -0.2) is 0 Å². The Hall–Kier alpha value is -1.10. The van der Waals surface area contributed by atoms with Crippen LogP contribution in [0.2, 0.25) is 0 Å². The Labute approximate surface area is 102 Å². The Morgan fingerprint density at radius 1 is 0.941 bits per heavy atom. The number of methoxy groups -OCH3 is 1. The van der Waals surface area contributed by atoms with Crippen LogP contribution in [0.1, 0.15) is 44.9 Å². The molecule has 0 heterocycles. The Balaban J connectivity index is 3.26. The summed E-state index contributed by atoms with van der Waals surface area (Å²) in [5.74, 6) is -0.471. The first-order valence-corrected chi connectivity index (χ1v) is 6.04. The topological polar surface area (TPSA) is 72.8 Å². The molecule has 5 heteroatoms. The number of ether oxygens (including phenoxy) is 2. The summed E-state index contributed by atoms with van der Waals surface area (Å²) in [6.45, 7) is 0.595. The summed E-state index contributed by atoms with van der Waals surface area (Å²) in [5.41, 5.74) is 0. The normalized spacial score (nSPS) is 10.0. The number of hydrogen-bond donors (Lipinski definition) is 1. The molecule has 0 radical (unpaired) electrons. The highest BCUT2D eigenvalue weighted by molar-refractivity contribution is 5.70. The van der Waals surface area contributed by atoms with Crippen LogP contribution in [0.4, 0.5) is 0 Å². The fourth-order valence-corrected chi connectivity index (χ4v) is 1.29. The van der Waals surface area contributed by atoms with Gasteiger partial charge < -0.3 is 14.6 Å². The van der Waals surface area contributed by atoms with E-state index in [1.54, 1.807) is 0 Å². The van der Waals surface area contributed by atoms with Crippen LogP contribution in [0, 0.1) is 0 Å².